The predicted octanol–water partition coefficient (Wildman–Crippen LogP) is 0.356. The fourth-order valence-corrected chi connectivity index (χ4v) is 1.96. The van der Waals surface area contributed by atoms with Crippen LogP contribution in [-0.4, -0.2) is 85.5 Å². The Bertz CT molecular complexity index is 304. The van der Waals surface area contributed by atoms with Crippen LogP contribution in [0.1, 0.15) is 6.92 Å². The highest BCUT2D eigenvalue weighted by molar-refractivity contribution is 5.76. The Labute approximate surface area is 103 Å². The van der Waals surface area contributed by atoms with E-state index in [1.807, 2.05) is 6.92 Å². The van der Waals surface area contributed by atoms with Crippen molar-refractivity contribution in [1.82, 2.24) is 19.6 Å². The first-order valence-electron chi connectivity index (χ1n) is 5.78. The molecule has 1 saturated heterocycles. The third-order valence-corrected chi connectivity index (χ3v) is 2.91. The Morgan fingerprint density at radius 1 is 1.00 bits per heavy atom. The summed E-state index contributed by atoms with van der Waals surface area (Å²) in [4.78, 5) is 30.4. The van der Waals surface area contributed by atoms with Crippen molar-refractivity contribution in [3.05, 3.63) is 0 Å². The number of hydrogen-bond donors (Lipinski definition) is 0. The smallest absolute Gasteiger partial charge is 0.319 e. The molecule has 1 rings (SSSR count). The SMILES string of the molecule is C[C@H]1CN(C(=O)N(C)C)CCN1C(=O)N(C)C. The van der Waals surface area contributed by atoms with Crippen LogP contribution in [0.5, 0.6) is 0 Å². The number of hydrogen-bond acceptors (Lipinski definition) is 2. The molecule has 4 amide bonds. The zero-order valence-electron chi connectivity index (χ0n) is 11.3. The minimum atomic E-state index is 0.00815. The first-order valence-corrected chi connectivity index (χ1v) is 5.78. The van der Waals surface area contributed by atoms with E-state index in [1.165, 1.54) is 0 Å². The van der Waals surface area contributed by atoms with E-state index in [9.17, 15) is 9.59 Å². The zero-order valence-corrected chi connectivity index (χ0v) is 11.3. The van der Waals surface area contributed by atoms with Gasteiger partial charge in [0.15, 0.2) is 0 Å². The van der Waals surface area contributed by atoms with Gasteiger partial charge in [-0.3, -0.25) is 0 Å². The molecule has 1 atom stereocenters. The van der Waals surface area contributed by atoms with Crippen molar-refractivity contribution in [2.45, 2.75) is 13.0 Å². The average molecular weight is 242 g/mol. The van der Waals surface area contributed by atoms with Crippen LogP contribution < -0.4 is 0 Å². The second-order valence-electron chi connectivity index (χ2n) is 4.84. The summed E-state index contributed by atoms with van der Waals surface area (Å²) in [6.45, 7) is 3.76. The Balaban J connectivity index is 2.61. The van der Waals surface area contributed by atoms with Crippen molar-refractivity contribution in [1.29, 1.82) is 0 Å². The van der Waals surface area contributed by atoms with Crippen molar-refractivity contribution in [2.75, 3.05) is 47.8 Å². The molecule has 0 N–H and O–H groups in total. The molecule has 0 unspecified atom stereocenters. The third kappa shape index (κ3) is 3.01. The maximum absolute atomic E-state index is 11.9. The molecule has 6 heteroatoms. The number of piperazine rings is 1. The van der Waals surface area contributed by atoms with E-state index < -0.39 is 0 Å². The molecular formula is C11H22N4O2. The number of nitrogens with zero attached hydrogens (tertiary/aromatic N) is 4. The van der Waals surface area contributed by atoms with Gasteiger partial charge in [0.1, 0.15) is 0 Å². The van der Waals surface area contributed by atoms with E-state index in [1.54, 1.807) is 47.8 Å². The van der Waals surface area contributed by atoms with Gasteiger partial charge in [-0.1, -0.05) is 0 Å². The van der Waals surface area contributed by atoms with Crippen LogP contribution in [0.25, 0.3) is 0 Å². The summed E-state index contributed by atoms with van der Waals surface area (Å²) < 4.78 is 0. The first-order chi connectivity index (χ1) is 7.84. The Hall–Kier alpha value is -1.46. The molecule has 0 aliphatic carbocycles. The fraction of sp³-hybridized carbons (Fsp3) is 0.818. The Kier molecular flexibility index (Phi) is 4.20. The second kappa shape index (κ2) is 5.25. The third-order valence-electron chi connectivity index (χ3n) is 2.91. The quantitative estimate of drug-likeness (QED) is 0.615. The van der Waals surface area contributed by atoms with Crippen LogP contribution in [-0.2, 0) is 0 Å². The molecule has 0 aromatic rings. The number of amides is 4. The summed E-state index contributed by atoms with van der Waals surface area (Å²) in [6, 6.07) is 0.0748. The molecular weight excluding hydrogens is 220 g/mol. The van der Waals surface area contributed by atoms with Gasteiger partial charge in [-0.25, -0.2) is 9.59 Å². The van der Waals surface area contributed by atoms with Crippen LogP contribution in [0.3, 0.4) is 0 Å². The summed E-state index contributed by atoms with van der Waals surface area (Å²) in [7, 11) is 6.97. The summed E-state index contributed by atoms with van der Waals surface area (Å²) >= 11 is 0. The predicted molar refractivity (Wildman–Crippen MR) is 65.9 cm³/mol. The van der Waals surface area contributed by atoms with E-state index in [-0.39, 0.29) is 18.1 Å². The molecule has 0 saturated carbocycles. The van der Waals surface area contributed by atoms with Gasteiger partial charge < -0.3 is 19.6 Å². The molecule has 1 aliphatic heterocycles. The fourth-order valence-electron chi connectivity index (χ4n) is 1.96. The highest BCUT2D eigenvalue weighted by Gasteiger charge is 2.30. The molecule has 17 heavy (non-hydrogen) atoms. The molecule has 0 radical (unpaired) electrons. The number of carbonyl (C=O) groups excluding carboxylic acids is 2. The van der Waals surface area contributed by atoms with Gasteiger partial charge >= 0.3 is 12.1 Å². The van der Waals surface area contributed by atoms with Gasteiger partial charge in [-0.05, 0) is 6.92 Å². The molecule has 0 aromatic heterocycles. The zero-order chi connectivity index (χ0) is 13.2. The molecule has 98 valence electrons. The lowest BCUT2D eigenvalue weighted by Crippen LogP contribution is -2.58. The van der Waals surface area contributed by atoms with Crippen molar-refractivity contribution in [3.8, 4) is 0 Å². The molecule has 0 spiro atoms. The average Bonchev–Trinajstić information content (AvgIpc) is 2.26. The molecule has 1 aliphatic rings. The largest absolute Gasteiger partial charge is 0.331 e. The topological polar surface area (TPSA) is 47.1 Å². The molecule has 1 fully saturated rings. The van der Waals surface area contributed by atoms with Gasteiger partial charge in [-0.15, -0.1) is 0 Å². The lowest BCUT2D eigenvalue weighted by Gasteiger charge is -2.41. The van der Waals surface area contributed by atoms with Crippen LogP contribution in [0.2, 0.25) is 0 Å². The van der Waals surface area contributed by atoms with Crippen molar-refractivity contribution < 1.29 is 9.59 Å². The van der Waals surface area contributed by atoms with E-state index in [0.29, 0.717) is 19.6 Å². The number of carbonyl (C=O) groups is 2. The lowest BCUT2D eigenvalue weighted by molar-refractivity contribution is 0.0909. The Morgan fingerprint density at radius 3 is 1.94 bits per heavy atom. The maximum atomic E-state index is 11.9. The van der Waals surface area contributed by atoms with Crippen molar-refractivity contribution in [2.24, 2.45) is 0 Å². The normalized spacial score (nSPS) is 20.2. The Morgan fingerprint density at radius 2 is 1.53 bits per heavy atom. The van der Waals surface area contributed by atoms with Crippen LogP contribution in [0.15, 0.2) is 0 Å². The number of rotatable bonds is 0. The molecule has 6 nitrogen and oxygen atoms in total. The van der Waals surface area contributed by atoms with Gasteiger partial charge in [0.05, 0.1) is 0 Å². The van der Waals surface area contributed by atoms with Gasteiger partial charge in [-0.2, -0.15) is 0 Å². The van der Waals surface area contributed by atoms with E-state index >= 15 is 0 Å². The minimum Gasteiger partial charge on any atom is -0.331 e. The van der Waals surface area contributed by atoms with Gasteiger partial charge in [0.25, 0.3) is 0 Å². The summed E-state index contributed by atoms with van der Waals surface area (Å²) in [5.74, 6) is 0. The maximum Gasteiger partial charge on any atom is 0.319 e. The second-order valence-corrected chi connectivity index (χ2v) is 4.84. The summed E-state index contributed by atoms with van der Waals surface area (Å²) in [5, 5.41) is 0. The molecule has 0 bridgehead atoms. The summed E-state index contributed by atoms with van der Waals surface area (Å²) in [6.07, 6.45) is 0. The lowest BCUT2D eigenvalue weighted by atomic mass is 10.2. The van der Waals surface area contributed by atoms with Crippen molar-refractivity contribution >= 4 is 12.1 Å². The molecule has 1 heterocycles. The van der Waals surface area contributed by atoms with Crippen LogP contribution >= 0.6 is 0 Å². The van der Waals surface area contributed by atoms with Crippen LogP contribution in [0, 0.1) is 0 Å². The van der Waals surface area contributed by atoms with Gasteiger partial charge in [0, 0.05) is 53.9 Å². The first kappa shape index (κ1) is 13.6. The highest BCUT2D eigenvalue weighted by Crippen LogP contribution is 2.12. The minimum absolute atomic E-state index is 0.00815. The summed E-state index contributed by atoms with van der Waals surface area (Å²) in [5.41, 5.74) is 0. The molecule has 0 aromatic carbocycles. The monoisotopic (exact) mass is 242 g/mol. The van der Waals surface area contributed by atoms with E-state index in [2.05, 4.69) is 0 Å². The van der Waals surface area contributed by atoms with Gasteiger partial charge in [0.2, 0.25) is 0 Å². The van der Waals surface area contributed by atoms with Crippen LogP contribution in [0.4, 0.5) is 9.59 Å². The van der Waals surface area contributed by atoms with Crippen molar-refractivity contribution in [3.63, 3.8) is 0 Å². The highest BCUT2D eigenvalue weighted by atomic mass is 16.2. The standard InChI is InChI=1S/C11H22N4O2/c1-9-8-14(10(16)12(2)3)6-7-15(9)11(17)13(4)5/h9H,6-8H2,1-5H3/t9-/m0/s1. The van der Waals surface area contributed by atoms with E-state index in [4.69, 9.17) is 0 Å². The van der Waals surface area contributed by atoms with E-state index in [0.717, 1.165) is 0 Å². The number of urea groups is 2.